The highest BCUT2D eigenvalue weighted by Gasteiger charge is 2.23. The summed E-state index contributed by atoms with van der Waals surface area (Å²) in [5.41, 5.74) is 0.576. The number of piperidine rings is 1. The summed E-state index contributed by atoms with van der Waals surface area (Å²) in [6.45, 7) is 2.40. The number of rotatable bonds is 5. The lowest BCUT2D eigenvalue weighted by atomic mass is 9.98. The number of likely N-dealkylation sites (tertiary alicyclic amines) is 1. The van der Waals surface area contributed by atoms with Gasteiger partial charge in [0, 0.05) is 43.2 Å². The number of aromatic nitrogens is 2. The average molecular weight is 305 g/mol. The van der Waals surface area contributed by atoms with Gasteiger partial charge in [0.2, 0.25) is 0 Å². The highest BCUT2D eigenvalue weighted by Crippen LogP contribution is 2.23. The van der Waals surface area contributed by atoms with Crippen LogP contribution in [0.2, 0.25) is 0 Å². The van der Waals surface area contributed by atoms with E-state index in [1.807, 2.05) is 16.9 Å². The largest absolute Gasteiger partial charge is 0.296 e. The van der Waals surface area contributed by atoms with Crippen molar-refractivity contribution in [3.05, 3.63) is 53.9 Å². The van der Waals surface area contributed by atoms with Crippen molar-refractivity contribution in [1.82, 2.24) is 14.7 Å². The van der Waals surface area contributed by atoms with Gasteiger partial charge in [0.25, 0.3) is 0 Å². The molecule has 1 aliphatic rings. The molecule has 1 aromatic heterocycles. The van der Waals surface area contributed by atoms with E-state index in [2.05, 4.69) is 10.00 Å². The second kappa shape index (κ2) is 7.01. The number of aryl methyl sites for hydroxylation is 1. The zero-order chi connectivity index (χ0) is 15.4. The summed E-state index contributed by atoms with van der Waals surface area (Å²) in [7, 11) is 0. The fourth-order valence-electron chi connectivity index (χ4n) is 3.18. The monoisotopic (exact) mass is 305 g/mol. The van der Waals surface area contributed by atoms with Crippen LogP contribution in [0.15, 0.2) is 36.7 Å². The molecule has 1 saturated heterocycles. The van der Waals surface area contributed by atoms with Crippen LogP contribution < -0.4 is 0 Å². The zero-order valence-corrected chi connectivity index (χ0v) is 12.6. The van der Waals surface area contributed by atoms with Gasteiger partial charge in [0.05, 0.1) is 0 Å². The molecule has 22 heavy (non-hydrogen) atoms. The molecule has 0 amide bonds. The second-order valence-corrected chi connectivity index (χ2v) is 5.91. The molecular formula is C17H21F2N3. The summed E-state index contributed by atoms with van der Waals surface area (Å²) in [5, 5.41) is 4.23. The molecule has 3 rings (SSSR count). The number of nitrogens with zero attached hydrogens (tertiary/aromatic N) is 3. The van der Waals surface area contributed by atoms with Gasteiger partial charge in [0.15, 0.2) is 0 Å². The third kappa shape index (κ3) is 3.71. The van der Waals surface area contributed by atoms with Crippen LogP contribution in [-0.2, 0) is 13.1 Å². The topological polar surface area (TPSA) is 21.1 Å². The van der Waals surface area contributed by atoms with Gasteiger partial charge in [-0.2, -0.15) is 5.10 Å². The van der Waals surface area contributed by atoms with E-state index in [1.165, 1.54) is 12.5 Å². The molecular weight excluding hydrogens is 284 g/mol. The van der Waals surface area contributed by atoms with E-state index in [0.29, 0.717) is 18.2 Å². The predicted molar refractivity (Wildman–Crippen MR) is 81.3 cm³/mol. The molecule has 0 bridgehead atoms. The van der Waals surface area contributed by atoms with E-state index >= 15 is 0 Å². The van der Waals surface area contributed by atoms with Crippen molar-refractivity contribution in [2.45, 2.75) is 44.8 Å². The molecule has 0 spiro atoms. The van der Waals surface area contributed by atoms with Crippen LogP contribution in [0.1, 0.15) is 31.2 Å². The summed E-state index contributed by atoms with van der Waals surface area (Å²) in [4.78, 5) is 2.32. The van der Waals surface area contributed by atoms with E-state index in [1.54, 1.807) is 12.3 Å². The SMILES string of the molecule is Fc1ccc(CN2CCCC[C@H]2CCn2cccn2)c(F)c1. The number of benzene rings is 1. The first-order chi connectivity index (χ1) is 10.7. The van der Waals surface area contributed by atoms with Gasteiger partial charge >= 0.3 is 0 Å². The first-order valence-corrected chi connectivity index (χ1v) is 7.88. The molecule has 0 saturated carbocycles. The van der Waals surface area contributed by atoms with Crippen molar-refractivity contribution in [2.75, 3.05) is 6.54 Å². The quantitative estimate of drug-likeness (QED) is 0.841. The van der Waals surface area contributed by atoms with E-state index in [4.69, 9.17) is 0 Å². The first-order valence-electron chi connectivity index (χ1n) is 7.88. The molecule has 2 heterocycles. The molecule has 0 aliphatic carbocycles. The van der Waals surface area contributed by atoms with Gasteiger partial charge < -0.3 is 0 Å². The molecule has 2 aromatic rings. The van der Waals surface area contributed by atoms with Gasteiger partial charge in [-0.1, -0.05) is 12.5 Å². The van der Waals surface area contributed by atoms with Crippen LogP contribution in [0.25, 0.3) is 0 Å². The molecule has 1 fully saturated rings. The standard InChI is InChI=1S/C17H21F2N3/c18-15-6-5-14(17(19)12-15)13-21-9-2-1-4-16(21)7-11-22-10-3-8-20-22/h3,5-6,8,10,12,16H,1-2,4,7,9,11,13H2/t16-/m0/s1. The van der Waals surface area contributed by atoms with Crippen molar-refractivity contribution in [1.29, 1.82) is 0 Å². The highest BCUT2D eigenvalue weighted by atomic mass is 19.1. The maximum Gasteiger partial charge on any atom is 0.130 e. The van der Waals surface area contributed by atoms with Crippen molar-refractivity contribution in [3.8, 4) is 0 Å². The molecule has 1 atom stereocenters. The Balaban J connectivity index is 1.64. The van der Waals surface area contributed by atoms with Crippen LogP contribution in [-0.4, -0.2) is 27.3 Å². The van der Waals surface area contributed by atoms with Gasteiger partial charge in [-0.3, -0.25) is 9.58 Å². The van der Waals surface area contributed by atoms with Gasteiger partial charge in [-0.25, -0.2) is 8.78 Å². The molecule has 0 radical (unpaired) electrons. The number of halogens is 2. The van der Waals surface area contributed by atoms with E-state index < -0.39 is 11.6 Å². The minimum Gasteiger partial charge on any atom is -0.296 e. The third-order valence-corrected chi connectivity index (χ3v) is 4.39. The normalized spacial score (nSPS) is 19.5. The lowest BCUT2D eigenvalue weighted by molar-refractivity contribution is 0.126. The van der Waals surface area contributed by atoms with E-state index in [0.717, 1.165) is 38.4 Å². The lowest BCUT2D eigenvalue weighted by Crippen LogP contribution is -2.39. The van der Waals surface area contributed by atoms with Crippen molar-refractivity contribution >= 4 is 0 Å². The fourth-order valence-corrected chi connectivity index (χ4v) is 3.18. The molecule has 1 aliphatic heterocycles. The molecule has 3 nitrogen and oxygen atoms in total. The third-order valence-electron chi connectivity index (χ3n) is 4.39. The Bertz CT molecular complexity index is 598. The van der Waals surface area contributed by atoms with Crippen LogP contribution >= 0.6 is 0 Å². The molecule has 1 aromatic carbocycles. The van der Waals surface area contributed by atoms with Gasteiger partial charge in [-0.15, -0.1) is 0 Å². The Morgan fingerprint density at radius 3 is 2.91 bits per heavy atom. The summed E-state index contributed by atoms with van der Waals surface area (Å²) >= 11 is 0. The smallest absolute Gasteiger partial charge is 0.130 e. The molecule has 5 heteroatoms. The summed E-state index contributed by atoms with van der Waals surface area (Å²) < 4.78 is 28.8. The van der Waals surface area contributed by atoms with Crippen LogP contribution in [0.5, 0.6) is 0 Å². The van der Waals surface area contributed by atoms with Crippen molar-refractivity contribution < 1.29 is 8.78 Å². The maximum absolute atomic E-state index is 13.9. The molecule has 0 unspecified atom stereocenters. The Labute approximate surface area is 129 Å². The van der Waals surface area contributed by atoms with Crippen molar-refractivity contribution in [2.24, 2.45) is 0 Å². The van der Waals surface area contributed by atoms with Crippen LogP contribution in [0.3, 0.4) is 0 Å². The maximum atomic E-state index is 13.9. The number of hydrogen-bond acceptors (Lipinski definition) is 2. The Kier molecular flexibility index (Phi) is 4.83. The van der Waals surface area contributed by atoms with E-state index in [9.17, 15) is 8.78 Å². The Hall–Kier alpha value is -1.75. The first kappa shape index (κ1) is 15.2. The predicted octanol–water partition coefficient (Wildman–Crippen LogP) is 3.61. The number of hydrogen-bond donors (Lipinski definition) is 0. The molecule has 118 valence electrons. The fraction of sp³-hybridized carbons (Fsp3) is 0.471. The summed E-state index contributed by atoms with van der Waals surface area (Å²) in [6.07, 6.45) is 8.24. The zero-order valence-electron chi connectivity index (χ0n) is 12.6. The average Bonchev–Trinajstić information content (AvgIpc) is 3.02. The van der Waals surface area contributed by atoms with Crippen LogP contribution in [0.4, 0.5) is 8.78 Å². The van der Waals surface area contributed by atoms with Crippen LogP contribution in [0, 0.1) is 11.6 Å². The lowest BCUT2D eigenvalue weighted by Gasteiger charge is -2.36. The second-order valence-electron chi connectivity index (χ2n) is 5.91. The van der Waals surface area contributed by atoms with Crippen molar-refractivity contribution in [3.63, 3.8) is 0 Å². The van der Waals surface area contributed by atoms with Gasteiger partial charge in [-0.05, 0) is 37.9 Å². The summed E-state index contributed by atoms with van der Waals surface area (Å²) in [6, 6.07) is 6.22. The Morgan fingerprint density at radius 2 is 2.14 bits per heavy atom. The Morgan fingerprint density at radius 1 is 1.23 bits per heavy atom. The summed E-state index contributed by atoms with van der Waals surface area (Å²) in [5.74, 6) is -0.966. The minimum absolute atomic E-state index is 0.433. The molecule has 0 N–H and O–H groups in total. The van der Waals surface area contributed by atoms with E-state index in [-0.39, 0.29) is 0 Å². The van der Waals surface area contributed by atoms with Gasteiger partial charge in [0.1, 0.15) is 11.6 Å². The highest BCUT2D eigenvalue weighted by molar-refractivity contribution is 5.18. The minimum atomic E-state index is -0.518.